The molecule has 0 spiro atoms. The van der Waals surface area contributed by atoms with Gasteiger partial charge in [0.05, 0.1) is 8.07 Å². The molecule has 4 aromatic rings. The molecule has 0 bridgehead atoms. The monoisotopic (exact) mass is 666 g/mol. The van der Waals surface area contributed by atoms with Gasteiger partial charge in [0.25, 0.3) is 0 Å². The van der Waals surface area contributed by atoms with E-state index in [0.717, 1.165) is 46.6 Å². The van der Waals surface area contributed by atoms with E-state index in [-0.39, 0.29) is 0 Å². The number of nitrogens with zero attached hydrogens (tertiary/aromatic N) is 2. The molecule has 4 aliphatic carbocycles. The van der Waals surface area contributed by atoms with Gasteiger partial charge in [-0.25, -0.2) is 0 Å². The number of hydrogen-bond acceptors (Lipinski definition) is 2. The Morgan fingerprint density at radius 2 is 0.735 bits per heavy atom. The highest BCUT2D eigenvalue weighted by Crippen LogP contribution is 2.65. The van der Waals surface area contributed by atoms with Crippen molar-refractivity contribution >= 4 is 30.8 Å². The first-order chi connectivity index (χ1) is 23.9. The number of hydrogen-bond donors (Lipinski definition) is 0. The highest BCUT2D eigenvalue weighted by molar-refractivity contribution is 6.80. The molecule has 4 aliphatic rings. The number of fused-ring (bicyclic) bond motifs is 2. The number of rotatable bonds is 8. The van der Waals surface area contributed by atoms with Gasteiger partial charge in [0, 0.05) is 34.8 Å². The lowest BCUT2D eigenvalue weighted by molar-refractivity contribution is 0.227. The summed E-state index contributed by atoms with van der Waals surface area (Å²) < 4.78 is 0. The van der Waals surface area contributed by atoms with Crippen LogP contribution in [0.25, 0.3) is 0 Å². The van der Waals surface area contributed by atoms with Crippen LogP contribution in [-0.4, -0.2) is 20.2 Å². The van der Waals surface area contributed by atoms with Crippen molar-refractivity contribution < 1.29 is 0 Å². The zero-order chi connectivity index (χ0) is 33.5. The molecular formula is C46H58N2Si. The van der Waals surface area contributed by atoms with Crippen molar-refractivity contribution in [3.63, 3.8) is 0 Å². The third-order valence-electron chi connectivity index (χ3n) is 14.1. The quantitative estimate of drug-likeness (QED) is 0.173. The Balaban J connectivity index is 1.10. The predicted octanol–water partition coefficient (Wildman–Crippen LogP) is 12.8. The van der Waals surface area contributed by atoms with Crippen LogP contribution in [0.15, 0.2) is 121 Å². The van der Waals surface area contributed by atoms with Crippen molar-refractivity contribution in [2.45, 2.75) is 101 Å². The Morgan fingerprint density at radius 1 is 0.429 bits per heavy atom. The van der Waals surface area contributed by atoms with E-state index >= 15 is 0 Å². The number of para-hydroxylation sites is 4. The van der Waals surface area contributed by atoms with E-state index in [2.05, 4.69) is 158 Å². The van der Waals surface area contributed by atoms with Gasteiger partial charge in [-0.3, -0.25) is 0 Å². The van der Waals surface area contributed by atoms with Crippen LogP contribution in [0.1, 0.15) is 65.2 Å². The zero-order valence-corrected chi connectivity index (χ0v) is 31.4. The van der Waals surface area contributed by atoms with Crippen LogP contribution in [0, 0.1) is 35.5 Å². The van der Waals surface area contributed by atoms with Crippen LogP contribution in [0.5, 0.6) is 0 Å². The molecule has 0 aromatic heterocycles. The van der Waals surface area contributed by atoms with Crippen LogP contribution in [0.2, 0.25) is 24.2 Å². The summed E-state index contributed by atoms with van der Waals surface area (Å²) in [6.45, 7) is 11.1. The smallest absolute Gasteiger partial charge is 0.0546 e. The van der Waals surface area contributed by atoms with E-state index in [0.29, 0.717) is 12.1 Å². The van der Waals surface area contributed by atoms with Gasteiger partial charge < -0.3 is 9.80 Å². The largest absolute Gasteiger partial charge is 0.338 e. The van der Waals surface area contributed by atoms with E-state index in [1.54, 1.807) is 0 Å². The molecule has 10 atom stereocenters. The minimum Gasteiger partial charge on any atom is -0.338 e. The normalized spacial score (nSPS) is 32.7. The Labute approximate surface area is 298 Å². The standard InChI is InChI=1S/C46H58N2Si/c1-33-31-41-39(27-17-29-43(41)47(35-19-9-5-10-20-35)36-21-11-6-12-22-36)45(33)49(3,4)46-34(2)32-42-40(46)28-18-30-44(42)48(37-23-13-7-14-24-37)38-25-15-8-16-26-38/h5-16,19-26,33-34,39-46H,17-18,27-32H2,1-4H3. The minimum absolute atomic E-state index is 0.582. The molecule has 0 N–H and O–H groups in total. The second kappa shape index (κ2) is 13.8. The maximum Gasteiger partial charge on any atom is 0.0546 e. The van der Waals surface area contributed by atoms with E-state index < -0.39 is 8.07 Å². The number of anilines is 4. The Bertz CT molecular complexity index is 1440. The summed E-state index contributed by atoms with van der Waals surface area (Å²) in [4.78, 5) is 5.50. The first-order valence-corrected chi connectivity index (χ1v) is 22.9. The van der Waals surface area contributed by atoms with Crippen molar-refractivity contribution in [2.75, 3.05) is 9.80 Å². The minimum atomic E-state index is -1.66. The fraction of sp³-hybridized carbons (Fsp3) is 0.478. The molecule has 0 radical (unpaired) electrons. The Kier molecular flexibility index (Phi) is 9.25. The van der Waals surface area contributed by atoms with Gasteiger partial charge in [-0.15, -0.1) is 0 Å². The van der Waals surface area contributed by atoms with Gasteiger partial charge in [0.2, 0.25) is 0 Å². The molecule has 2 nitrogen and oxygen atoms in total. The number of benzene rings is 4. The SMILES string of the molecule is CC1CC2C(CCCC2N(c2ccccc2)c2ccccc2)C1[Si](C)(C)C1C(C)CC2C1CCCC2N(c1ccccc1)c1ccccc1. The molecule has 4 fully saturated rings. The third-order valence-corrected chi connectivity index (χ3v) is 19.5. The van der Waals surface area contributed by atoms with Crippen molar-refractivity contribution in [1.82, 2.24) is 0 Å². The van der Waals surface area contributed by atoms with E-state index in [9.17, 15) is 0 Å². The molecule has 0 heterocycles. The van der Waals surface area contributed by atoms with Crippen molar-refractivity contribution in [3.05, 3.63) is 121 Å². The molecule has 0 aliphatic heterocycles. The molecule has 256 valence electrons. The predicted molar refractivity (Wildman–Crippen MR) is 212 cm³/mol. The molecular weight excluding hydrogens is 609 g/mol. The van der Waals surface area contributed by atoms with Gasteiger partial charge in [-0.05, 0) is 121 Å². The van der Waals surface area contributed by atoms with Gasteiger partial charge in [-0.1, -0.05) is 125 Å². The first-order valence-electron chi connectivity index (χ1n) is 19.7. The summed E-state index contributed by atoms with van der Waals surface area (Å²) in [5, 5.41) is 0. The molecule has 3 heteroatoms. The van der Waals surface area contributed by atoms with Gasteiger partial charge in [0.15, 0.2) is 0 Å². The summed E-state index contributed by atoms with van der Waals surface area (Å²) in [6, 6.07) is 46.5. The maximum atomic E-state index is 2.88. The van der Waals surface area contributed by atoms with Crippen LogP contribution in [0.4, 0.5) is 22.7 Å². The Hall–Kier alpha value is -3.30. The van der Waals surface area contributed by atoms with Gasteiger partial charge in [0.1, 0.15) is 0 Å². The fourth-order valence-electron chi connectivity index (χ4n) is 13.0. The van der Waals surface area contributed by atoms with Crippen molar-refractivity contribution in [1.29, 1.82) is 0 Å². The summed E-state index contributed by atoms with van der Waals surface area (Å²) in [7, 11) is -1.66. The summed E-state index contributed by atoms with van der Waals surface area (Å²) >= 11 is 0. The van der Waals surface area contributed by atoms with E-state index in [1.165, 1.54) is 74.1 Å². The summed E-state index contributed by atoms with van der Waals surface area (Å²) in [5.41, 5.74) is 7.31. The topological polar surface area (TPSA) is 6.48 Å². The molecule has 8 rings (SSSR count). The van der Waals surface area contributed by atoms with Crippen LogP contribution in [-0.2, 0) is 0 Å². The van der Waals surface area contributed by atoms with Crippen molar-refractivity contribution in [2.24, 2.45) is 35.5 Å². The van der Waals surface area contributed by atoms with E-state index in [1.807, 2.05) is 0 Å². The first kappa shape index (κ1) is 32.9. The van der Waals surface area contributed by atoms with Gasteiger partial charge >= 0.3 is 0 Å². The highest BCUT2D eigenvalue weighted by Gasteiger charge is 2.60. The average Bonchev–Trinajstić information content (AvgIpc) is 3.67. The molecule has 4 aromatic carbocycles. The molecule has 0 saturated heterocycles. The molecule has 10 unspecified atom stereocenters. The molecule has 49 heavy (non-hydrogen) atoms. The summed E-state index contributed by atoms with van der Waals surface area (Å²) in [6.07, 6.45) is 11.1. The Morgan fingerprint density at radius 3 is 1.04 bits per heavy atom. The van der Waals surface area contributed by atoms with Crippen molar-refractivity contribution in [3.8, 4) is 0 Å². The summed E-state index contributed by atoms with van der Waals surface area (Å²) in [5.74, 6) is 4.92. The lowest BCUT2D eigenvalue weighted by Gasteiger charge is -2.50. The third kappa shape index (κ3) is 5.98. The van der Waals surface area contributed by atoms with Crippen LogP contribution in [0.3, 0.4) is 0 Å². The fourth-order valence-corrected chi connectivity index (χ4v) is 19.6. The maximum absolute atomic E-state index is 2.88. The average molecular weight is 667 g/mol. The zero-order valence-electron chi connectivity index (χ0n) is 30.4. The van der Waals surface area contributed by atoms with Gasteiger partial charge in [-0.2, -0.15) is 0 Å². The second-order valence-corrected chi connectivity index (χ2v) is 22.0. The molecule has 0 amide bonds. The molecule has 4 saturated carbocycles. The van der Waals surface area contributed by atoms with Crippen LogP contribution >= 0.6 is 0 Å². The van der Waals surface area contributed by atoms with E-state index in [4.69, 9.17) is 0 Å². The lowest BCUT2D eigenvalue weighted by atomic mass is 9.76. The van der Waals surface area contributed by atoms with Crippen LogP contribution < -0.4 is 9.80 Å². The highest BCUT2D eigenvalue weighted by atomic mass is 28.3. The lowest BCUT2D eigenvalue weighted by Crippen LogP contribution is -2.50. The second-order valence-electron chi connectivity index (χ2n) is 17.0.